The first-order valence-corrected chi connectivity index (χ1v) is 6.16. The summed E-state index contributed by atoms with van der Waals surface area (Å²) in [4.78, 5) is 0. The fourth-order valence-electron chi connectivity index (χ4n) is 2.49. The molecule has 0 aromatic heterocycles. The molecule has 0 saturated carbocycles. The summed E-state index contributed by atoms with van der Waals surface area (Å²) in [5.41, 5.74) is -0.834. The number of hydrogen-bond donors (Lipinski definition) is 3. The van der Waals surface area contributed by atoms with Gasteiger partial charge in [0, 0.05) is 5.54 Å². The van der Waals surface area contributed by atoms with E-state index < -0.39 is 5.54 Å². The Balaban J connectivity index is 2.65. The lowest BCUT2D eigenvalue weighted by atomic mass is 9.90. The van der Waals surface area contributed by atoms with Crippen LogP contribution >= 0.6 is 0 Å². The van der Waals surface area contributed by atoms with Gasteiger partial charge in [0.2, 0.25) is 0 Å². The van der Waals surface area contributed by atoms with Crippen LogP contribution in [0.2, 0.25) is 0 Å². The standard InChI is InChI=1S/C12H25NO3/c1-4-10(15)5-6-12(9-14)8-7-11(2,3)13(12)16/h10,14-16H,4-9H2,1-3H3. The number of nitrogens with zero attached hydrogens (tertiary/aromatic N) is 1. The van der Waals surface area contributed by atoms with Gasteiger partial charge in [0.1, 0.15) is 0 Å². The number of rotatable bonds is 5. The molecule has 0 aliphatic carbocycles. The third-order valence-corrected chi connectivity index (χ3v) is 3.93. The molecule has 1 aliphatic rings. The van der Waals surface area contributed by atoms with E-state index in [-0.39, 0.29) is 18.2 Å². The molecule has 1 rings (SSSR count). The quantitative estimate of drug-likeness (QED) is 0.671. The number of aliphatic hydroxyl groups is 2. The molecule has 0 spiro atoms. The first-order chi connectivity index (χ1) is 7.38. The summed E-state index contributed by atoms with van der Waals surface area (Å²) in [6, 6.07) is 0. The molecule has 16 heavy (non-hydrogen) atoms. The van der Waals surface area contributed by atoms with Crippen LogP contribution in [0.3, 0.4) is 0 Å². The van der Waals surface area contributed by atoms with Gasteiger partial charge in [0.15, 0.2) is 0 Å². The third-order valence-electron chi connectivity index (χ3n) is 3.93. The Morgan fingerprint density at radius 1 is 1.31 bits per heavy atom. The summed E-state index contributed by atoms with van der Waals surface area (Å²) in [6.45, 7) is 5.83. The van der Waals surface area contributed by atoms with Crippen LogP contribution in [-0.4, -0.2) is 44.3 Å². The maximum atomic E-state index is 10.1. The first-order valence-electron chi connectivity index (χ1n) is 6.16. The zero-order chi connectivity index (χ0) is 12.4. The van der Waals surface area contributed by atoms with E-state index in [1.807, 2.05) is 20.8 Å². The lowest BCUT2D eigenvalue weighted by Gasteiger charge is -2.38. The van der Waals surface area contributed by atoms with Gasteiger partial charge in [-0.15, -0.1) is 0 Å². The van der Waals surface area contributed by atoms with E-state index in [0.717, 1.165) is 19.3 Å². The summed E-state index contributed by atoms with van der Waals surface area (Å²) in [6.07, 6.45) is 3.30. The molecule has 1 heterocycles. The molecule has 1 fully saturated rings. The largest absolute Gasteiger partial charge is 0.394 e. The van der Waals surface area contributed by atoms with Crippen LogP contribution < -0.4 is 0 Å². The van der Waals surface area contributed by atoms with Gasteiger partial charge < -0.3 is 15.4 Å². The highest BCUT2D eigenvalue weighted by Gasteiger charge is 2.49. The summed E-state index contributed by atoms with van der Waals surface area (Å²) in [5, 5.41) is 30.5. The summed E-state index contributed by atoms with van der Waals surface area (Å²) < 4.78 is 0. The number of hydroxylamine groups is 2. The fourth-order valence-corrected chi connectivity index (χ4v) is 2.49. The second-order valence-corrected chi connectivity index (χ2v) is 5.61. The van der Waals surface area contributed by atoms with Crippen LogP contribution in [0.25, 0.3) is 0 Å². The zero-order valence-corrected chi connectivity index (χ0v) is 10.6. The minimum absolute atomic E-state index is 0.0522. The van der Waals surface area contributed by atoms with Crippen LogP contribution in [0.4, 0.5) is 0 Å². The van der Waals surface area contributed by atoms with E-state index in [4.69, 9.17) is 0 Å². The molecule has 0 bridgehead atoms. The Bertz CT molecular complexity index is 232. The second kappa shape index (κ2) is 5.00. The van der Waals surface area contributed by atoms with Crippen molar-refractivity contribution >= 4 is 0 Å². The average molecular weight is 231 g/mol. The van der Waals surface area contributed by atoms with Gasteiger partial charge in [-0.05, 0) is 46.0 Å². The molecule has 4 heteroatoms. The number of hydrogen-bond acceptors (Lipinski definition) is 4. The van der Waals surface area contributed by atoms with Crippen molar-refractivity contribution in [2.24, 2.45) is 0 Å². The van der Waals surface area contributed by atoms with Crippen molar-refractivity contribution in [3.05, 3.63) is 0 Å². The Labute approximate surface area is 97.8 Å². The molecule has 2 atom stereocenters. The summed E-state index contributed by atoms with van der Waals surface area (Å²) >= 11 is 0. The minimum atomic E-state index is -0.556. The van der Waals surface area contributed by atoms with Crippen LogP contribution in [0.15, 0.2) is 0 Å². The lowest BCUT2D eigenvalue weighted by Crippen LogP contribution is -2.52. The van der Waals surface area contributed by atoms with E-state index in [1.54, 1.807) is 0 Å². The van der Waals surface area contributed by atoms with Gasteiger partial charge in [-0.25, -0.2) is 0 Å². The molecule has 3 N–H and O–H groups in total. The van der Waals surface area contributed by atoms with Crippen molar-refractivity contribution in [3.63, 3.8) is 0 Å². The Morgan fingerprint density at radius 2 is 1.94 bits per heavy atom. The summed E-state index contributed by atoms with van der Waals surface area (Å²) in [5.74, 6) is 0. The van der Waals surface area contributed by atoms with Gasteiger partial charge in [-0.2, -0.15) is 5.06 Å². The van der Waals surface area contributed by atoms with Gasteiger partial charge in [-0.3, -0.25) is 0 Å². The van der Waals surface area contributed by atoms with Crippen LogP contribution in [-0.2, 0) is 0 Å². The minimum Gasteiger partial charge on any atom is -0.394 e. The van der Waals surface area contributed by atoms with Crippen molar-refractivity contribution in [2.75, 3.05) is 6.61 Å². The highest BCUT2D eigenvalue weighted by molar-refractivity contribution is 5.01. The van der Waals surface area contributed by atoms with Gasteiger partial charge in [-0.1, -0.05) is 6.92 Å². The number of aliphatic hydroxyl groups excluding tert-OH is 2. The topological polar surface area (TPSA) is 63.9 Å². The average Bonchev–Trinajstić information content (AvgIpc) is 2.50. The summed E-state index contributed by atoms with van der Waals surface area (Å²) in [7, 11) is 0. The third kappa shape index (κ3) is 2.56. The second-order valence-electron chi connectivity index (χ2n) is 5.61. The van der Waals surface area contributed by atoms with E-state index in [1.165, 1.54) is 5.06 Å². The molecule has 96 valence electrons. The lowest BCUT2D eigenvalue weighted by molar-refractivity contribution is -0.215. The smallest absolute Gasteiger partial charge is 0.0698 e. The van der Waals surface area contributed by atoms with Crippen molar-refractivity contribution in [3.8, 4) is 0 Å². The SMILES string of the molecule is CCC(O)CCC1(CO)CCC(C)(C)N1O. The van der Waals surface area contributed by atoms with E-state index in [9.17, 15) is 15.4 Å². The van der Waals surface area contributed by atoms with Crippen LogP contribution in [0, 0.1) is 0 Å². The van der Waals surface area contributed by atoms with Crippen molar-refractivity contribution in [1.82, 2.24) is 5.06 Å². The Kier molecular flexibility index (Phi) is 4.35. The van der Waals surface area contributed by atoms with Crippen LogP contribution in [0.5, 0.6) is 0 Å². The zero-order valence-electron chi connectivity index (χ0n) is 10.6. The molecule has 4 nitrogen and oxygen atoms in total. The Hall–Kier alpha value is -0.160. The Morgan fingerprint density at radius 3 is 2.31 bits per heavy atom. The first kappa shape index (κ1) is 13.9. The van der Waals surface area contributed by atoms with E-state index in [2.05, 4.69) is 0 Å². The normalized spacial score (nSPS) is 31.9. The van der Waals surface area contributed by atoms with Gasteiger partial charge in [0.25, 0.3) is 0 Å². The van der Waals surface area contributed by atoms with Gasteiger partial charge >= 0.3 is 0 Å². The molecular formula is C12H25NO3. The van der Waals surface area contributed by atoms with Crippen molar-refractivity contribution < 1.29 is 15.4 Å². The van der Waals surface area contributed by atoms with Gasteiger partial charge in [0.05, 0.1) is 18.2 Å². The molecule has 0 aromatic carbocycles. The maximum Gasteiger partial charge on any atom is 0.0698 e. The van der Waals surface area contributed by atoms with Crippen LogP contribution in [0.1, 0.15) is 52.9 Å². The highest BCUT2D eigenvalue weighted by atomic mass is 16.5. The molecule has 0 amide bonds. The molecule has 0 aromatic rings. The van der Waals surface area contributed by atoms with Crippen molar-refractivity contribution in [1.29, 1.82) is 0 Å². The molecule has 1 saturated heterocycles. The van der Waals surface area contributed by atoms with E-state index in [0.29, 0.717) is 12.8 Å². The molecule has 2 unspecified atom stereocenters. The monoisotopic (exact) mass is 231 g/mol. The fraction of sp³-hybridized carbons (Fsp3) is 1.00. The molecule has 1 aliphatic heterocycles. The predicted molar refractivity (Wildman–Crippen MR) is 62.3 cm³/mol. The maximum absolute atomic E-state index is 10.1. The molecule has 0 radical (unpaired) electrons. The van der Waals surface area contributed by atoms with Crippen molar-refractivity contribution in [2.45, 2.75) is 70.1 Å². The van der Waals surface area contributed by atoms with E-state index >= 15 is 0 Å². The predicted octanol–water partition coefficient (Wildman–Crippen LogP) is 1.53. The highest BCUT2D eigenvalue weighted by Crippen LogP contribution is 2.41. The molecular weight excluding hydrogens is 206 g/mol.